The molecule has 25 heavy (non-hydrogen) atoms. The summed E-state index contributed by atoms with van der Waals surface area (Å²) < 4.78 is 10.8. The van der Waals surface area contributed by atoms with Crippen LogP contribution in [0.25, 0.3) is 0 Å². The maximum atomic E-state index is 12.4. The van der Waals surface area contributed by atoms with Crippen molar-refractivity contribution in [3.05, 3.63) is 47.2 Å². The number of likely N-dealkylation sites (tertiary alicyclic amines) is 1. The highest BCUT2D eigenvalue weighted by molar-refractivity contribution is 6.30. The molecule has 6 nitrogen and oxygen atoms in total. The smallest absolute Gasteiger partial charge is 0.235 e. The normalized spacial score (nSPS) is 16.7. The molecule has 0 saturated carbocycles. The molecule has 7 heteroatoms. The minimum absolute atomic E-state index is 0.0727. The van der Waals surface area contributed by atoms with Gasteiger partial charge in [0.05, 0.1) is 26.0 Å². The predicted octanol–water partition coefficient (Wildman–Crippen LogP) is 2.75. The third-order valence-electron chi connectivity index (χ3n) is 4.10. The first-order chi connectivity index (χ1) is 12.1. The van der Waals surface area contributed by atoms with Crippen molar-refractivity contribution < 1.29 is 14.3 Å². The van der Waals surface area contributed by atoms with E-state index in [0.29, 0.717) is 42.7 Å². The van der Waals surface area contributed by atoms with Crippen LogP contribution < -0.4 is 9.47 Å². The zero-order valence-electron chi connectivity index (χ0n) is 14.0. The highest BCUT2D eigenvalue weighted by Gasteiger charge is 2.27. The molecule has 1 aromatic carbocycles. The Morgan fingerprint density at radius 1 is 1.36 bits per heavy atom. The Labute approximate surface area is 151 Å². The van der Waals surface area contributed by atoms with Gasteiger partial charge in [-0.3, -0.25) is 9.78 Å². The van der Waals surface area contributed by atoms with E-state index in [2.05, 4.69) is 9.97 Å². The van der Waals surface area contributed by atoms with Gasteiger partial charge in [0.1, 0.15) is 6.10 Å². The van der Waals surface area contributed by atoms with Crippen molar-refractivity contribution in [3.8, 4) is 11.8 Å². The van der Waals surface area contributed by atoms with Gasteiger partial charge >= 0.3 is 0 Å². The number of rotatable bonds is 6. The standard InChI is InChI=1S/C18H20ClN3O3/c1-24-16-10-20-11-17(21-16)25-15-7-8-22(12-15)18(23)6-5-13-3-2-4-14(19)9-13/h2-4,9-11,15H,5-8,12H2,1H3. The number of benzene rings is 1. The number of ether oxygens (including phenoxy) is 2. The van der Waals surface area contributed by atoms with E-state index in [1.165, 1.54) is 13.3 Å². The molecule has 1 amide bonds. The summed E-state index contributed by atoms with van der Waals surface area (Å²) >= 11 is 5.97. The molecule has 0 N–H and O–H groups in total. The molecule has 0 spiro atoms. The maximum absolute atomic E-state index is 12.4. The Kier molecular flexibility index (Phi) is 5.71. The second-order valence-corrected chi connectivity index (χ2v) is 6.33. The summed E-state index contributed by atoms with van der Waals surface area (Å²) in [6, 6.07) is 7.61. The minimum atomic E-state index is -0.0727. The second kappa shape index (κ2) is 8.16. The lowest BCUT2D eigenvalue weighted by molar-refractivity contribution is -0.130. The Bertz CT molecular complexity index is 741. The summed E-state index contributed by atoms with van der Waals surface area (Å²) in [6.07, 6.45) is 4.92. The van der Waals surface area contributed by atoms with Crippen LogP contribution in [-0.2, 0) is 11.2 Å². The zero-order valence-corrected chi connectivity index (χ0v) is 14.8. The minimum Gasteiger partial charge on any atom is -0.480 e. The van der Waals surface area contributed by atoms with Gasteiger partial charge in [-0.25, -0.2) is 0 Å². The average molecular weight is 362 g/mol. The third kappa shape index (κ3) is 4.82. The van der Waals surface area contributed by atoms with Crippen molar-refractivity contribution >= 4 is 17.5 Å². The highest BCUT2D eigenvalue weighted by Crippen LogP contribution is 2.19. The number of aryl methyl sites for hydroxylation is 1. The van der Waals surface area contributed by atoms with E-state index in [4.69, 9.17) is 21.1 Å². The van der Waals surface area contributed by atoms with Crippen molar-refractivity contribution in [1.82, 2.24) is 14.9 Å². The summed E-state index contributed by atoms with van der Waals surface area (Å²) in [5.41, 5.74) is 1.07. The molecule has 0 radical (unpaired) electrons. The number of carbonyl (C=O) groups excluding carboxylic acids is 1. The van der Waals surface area contributed by atoms with Gasteiger partial charge in [-0.1, -0.05) is 23.7 Å². The number of carbonyl (C=O) groups is 1. The van der Waals surface area contributed by atoms with Crippen LogP contribution in [0.3, 0.4) is 0 Å². The molecule has 0 aliphatic carbocycles. The first kappa shape index (κ1) is 17.5. The molecule has 1 saturated heterocycles. The molecular formula is C18H20ClN3O3. The average Bonchev–Trinajstić information content (AvgIpc) is 3.08. The van der Waals surface area contributed by atoms with Crippen LogP contribution in [0.5, 0.6) is 11.8 Å². The van der Waals surface area contributed by atoms with E-state index in [0.717, 1.165) is 12.0 Å². The summed E-state index contributed by atoms with van der Waals surface area (Å²) in [5.74, 6) is 0.949. The Morgan fingerprint density at radius 2 is 2.20 bits per heavy atom. The van der Waals surface area contributed by atoms with E-state index >= 15 is 0 Å². The van der Waals surface area contributed by atoms with Gasteiger partial charge in [0.15, 0.2) is 0 Å². The van der Waals surface area contributed by atoms with Crippen molar-refractivity contribution in [2.24, 2.45) is 0 Å². The second-order valence-electron chi connectivity index (χ2n) is 5.90. The number of hydrogen-bond donors (Lipinski definition) is 0. The molecule has 132 valence electrons. The van der Waals surface area contributed by atoms with Crippen LogP contribution in [0.1, 0.15) is 18.4 Å². The first-order valence-electron chi connectivity index (χ1n) is 8.19. The van der Waals surface area contributed by atoms with Crippen LogP contribution in [0, 0.1) is 0 Å². The third-order valence-corrected chi connectivity index (χ3v) is 4.34. The fraction of sp³-hybridized carbons (Fsp3) is 0.389. The van der Waals surface area contributed by atoms with Gasteiger partial charge in [-0.05, 0) is 24.1 Å². The first-order valence-corrected chi connectivity index (χ1v) is 8.57. The topological polar surface area (TPSA) is 64.6 Å². The summed E-state index contributed by atoms with van der Waals surface area (Å²) in [4.78, 5) is 22.4. The van der Waals surface area contributed by atoms with Gasteiger partial charge in [-0.15, -0.1) is 0 Å². The number of halogens is 1. The van der Waals surface area contributed by atoms with E-state index in [1.54, 1.807) is 6.20 Å². The largest absolute Gasteiger partial charge is 0.480 e. The molecule has 1 aromatic heterocycles. The maximum Gasteiger partial charge on any atom is 0.235 e. The molecule has 3 rings (SSSR count). The van der Waals surface area contributed by atoms with Crippen molar-refractivity contribution in [2.45, 2.75) is 25.4 Å². The van der Waals surface area contributed by atoms with Crippen LogP contribution in [0.4, 0.5) is 0 Å². The van der Waals surface area contributed by atoms with E-state index < -0.39 is 0 Å². The van der Waals surface area contributed by atoms with Gasteiger partial charge in [0, 0.05) is 24.4 Å². The number of methoxy groups -OCH3 is 1. The molecule has 1 atom stereocenters. The van der Waals surface area contributed by atoms with E-state index in [-0.39, 0.29) is 12.0 Å². The van der Waals surface area contributed by atoms with Crippen LogP contribution in [-0.4, -0.2) is 47.1 Å². The number of amides is 1. The number of hydrogen-bond acceptors (Lipinski definition) is 5. The van der Waals surface area contributed by atoms with Gasteiger partial charge < -0.3 is 14.4 Å². The van der Waals surface area contributed by atoms with Crippen molar-refractivity contribution in [1.29, 1.82) is 0 Å². The number of aromatic nitrogens is 2. The van der Waals surface area contributed by atoms with E-state index in [1.807, 2.05) is 29.2 Å². The molecule has 0 bridgehead atoms. The highest BCUT2D eigenvalue weighted by atomic mass is 35.5. The van der Waals surface area contributed by atoms with Crippen molar-refractivity contribution in [3.63, 3.8) is 0 Å². The summed E-state index contributed by atoms with van der Waals surface area (Å²) in [5, 5.41) is 0.694. The van der Waals surface area contributed by atoms with E-state index in [9.17, 15) is 4.79 Å². The molecule has 2 aromatic rings. The molecule has 1 unspecified atom stereocenters. The van der Waals surface area contributed by atoms with Gasteiger partial charge in [0.25, 0.3) is 0 Å². The monoisotopic (exact) mass is 361 g/mol. The van der Waals surface area contributed by atoms with Crippen LogP contribution in [0.15, 0.2) is 36.7 Å². The van der Waals surface area contributed by atoms with Gasteiger partial charge in [-0.2, -0.15) is 4.98 Å². The number of nitrogens with zero attached hydrogens (tertiary/aromatic N) is 3. The molecular weight excluding hydrogens is 342 g/mol. The lowest BCUT2D eigenvalue weighted by atomic mass is 10.1. The predicted molar refractivity (Wildman–Crippen MR) is 94.0 cm³/mol. The molecule has 1 aliphatic heterocycles. The Balaban J connectivity index is 1.49. The van der Waals surface area contributed by atoms with Crippen LogP contribution in [0.2, 0.25) is 5.02 Å². The van der Waals surface area contributed by atoms with Crippen molar-refractivity contribution in [2.75, 3.05) is 20.2 Å². The fourth-order valence-corrected chi connectivity index (χ4v) is 3.02. The van der Waals surface area contributed by atoms with Gasteiger partial charge in [0.2, 0.25) is 17.7 Å². The SMILES string of the molecule is COc1cncc(OC2CCN(C(=O)CCc3cccc(Cl)c3)C2)n1. The zero-order chi connectivity index (χ0) is 17.6. The summed E-state index contributed by atoms with van der Waals surface area (Å²) in [6.45, 7) is 1.25. The lowest BCUT2D eigenvalue weighted by Gasteiger charge is -2.17. The van der Waals surface area contributed by atoms with Crippen LogP contribution >= 0.6 is 11.6 Å². The lowest BCUT2D eigenvalue weighted by Crippen LogP contribution is -2.31. The molecule has 1 aliphatic rings. The fourth-order valence-electron chi connectivity index (χ4n) is 2.81. The molecule has 1 fully saturated rings. The Morgan fingerprint density at radius 3 is 3.00 bits per heavy atom. The summed E-state index contributed by atoms with van der Waals surface area (Å²) in [7, 11) is 1.53. The quantitative estimate of drug-likeness (QED) is 0.791. The molecule has 2 heterocycles. The Hall–Kier alpha value is -2.34.